The van der Waals surface area contributed by atoms with Crippen molar-refractivity contribution >= 4 is 27.5 Å². The first-order valence-corrected chi connectivity index (χ1v) is 10.4. The lowest BCUT2D eigenvalue weighted by atomic mass is 10.1. The molecule has 2 aromatic rings. The van der Waals surface area contributed by atoms with Crippen LogP contribution < -0.4 is 9.64 Å². The fourth-order valence-corrected chi connectivity index (χ4v) is 3.91. The van der Waals surface area contributed by atoms with Gasteiger partial charge in [-0.25, -0.2) is 0 Å². The maximum atomic E-state index is 13.2. The highest BCUT2D eigenvalue weighted by Gasteiger charge is 2.56. The topological polar surface area (TPSA) is 48.0 Å². The second-order valence-corrected chi connectivity index (χ2v) is 8.46. The number of anilines is 1. The fraction of sp³-hybridized carbons (Fsp3) is 0.409. The maximum absolute atomic E-state index is 13.2. The molecular formula is C22H24BrNO4. The summed E-state index contributed by atoms with van der Waals surface area (Å²) in [7, 11) is 0. The molecule has 0 saturated carbocycles. The van der Waals surface area contributed by atoms with Crippen LogP contribution in [0.5, 0.6) is 5.75 Å². The number of carbonyl (C=O) groups excluding carboxylic acids is 1. The van der Waals surface area contributed by atoms with Crippen LogP contribution >= 0.6 is 15.9 Å². The first-order chi connectivity index (χ1) is 13.5. The Morgan fingerprint density at radius 2 is 1.86 bits per heavy atom. The summed E-state index contributed by atoms with van der Waals surface area (Å²) < 4.78 is 18.3. The van der Waals surface area contributed by atoms with Gasteiger partial charge in [0.2, 0.25) is 0 Å². The highest BCUT2D eigenvalue weighted by molar-refractivity contribution is 9.10. The molecule has 2 aromatic carbocycles. The van der Waals surface area contributed by atoms with Crippen molar-refractivity contribution in [1.82, 2.24) is 0 Å². The van der Waals surface area contributed by atoms with Gasteiger partial charge in [-0.1, -0.05) is 41.9 Å². The van der Waals surface area contributed by atoms with Gasteiger partial charge in [-0.05, 0) is 48.2 Å². The van der Waals surface area contributed by atoms with Gasteiger partial charge in [-0.2, -0.15) is 0 Å². The van der Waals surface area contributed by atoms with Gasteiger partial charge in [0.05, 0.1) is 32.1 Å². The molecule has 0 bridgehead atoms. The molecule has 1 saturated heterocycles. The van der Waals surface area contributed by atoms with E-state index >= 15 is 0 Å². The van der Waals surface area contributed by atoms with Gasteiger partial charge in [0.1, 0.15) is 5.75 Å². The van der Waals surface area contributed by atoms with Crippen LogP contribution in [0.3, 0.4) is 0 Å². The van der Waals surface area contributed by atoms with Crippen LogP contribution in [0.4, 0.5) is 5.69 Å². The molecule has 0 atom stereocenters. The van der Waals surface area contributed by atoms with Gasteiger partial charge in [-0.3, -0.25) is 4.79 Å². The molecule has 0 aromatic heterocycles. The van der Waals surface area contributed by atoms with E-state index < -0.39 is 5.79 Å². The van der Waals surface area contributed by atoms with E-state index in [1.807, 2.05) is 42.5 Å². The van der Waals surface area contributed by atoms with Gasteiger partial charge >= 0.3 is 0 Å². The Hall–Kier alpha value is -1.89. The van der Waals surface area contributed by atoms with Gasteiger partial charge in [0, 0.05) is 10.0 Å². The molecule has 1 amide bonds. The zero-order chi connectivity index (χ0) is 19.7. The lowest BCUT2D eigenvalue weighted by molar-refractivity contribution is -0.180. The molecule has 1 fully saturated rings. The Kier molecular flexibility index (Phi) is 5.45. The van der Waals surface area contributed by atoms with E-state index in [0.717, 1.165) is 33.5 Å². The summed E-state index contributed by atoms with van der Waals surface area (Å²) in [5.74, 6) is -0.0115. The summed E-state index contributed by atoms with van der Waals surface area (Å²) in [5, 5.41) is 0. The van der Waals surface area contributed by atoms with E-state index in [1.165, 1.54) is 0 Å². The van der Waals surface area contributed by atoms with Crippen LogP contribution in [0.25, 0.3) is 0 Å². The number of hydrogen-bond acceptors (Lipinski definition) is 4. The average molecular weight is 446 g/mol. The van der Waals surface area contributed by atoms with Gasteiger partial charge in [-0.15, -0.1) is 0 Å². The monoisotopic (exact) mass is 445 g/mol. The molecule has 2 heterocycles. The van der Waals surface area contributed by atoms with Crippen molar-refractivity contribution in [1.29, 1.82) is 0 Å². The Balaban J connectivity index is 1.53. The number of rotatable bonds is 6. The molecule has 5 nitrogen and oxygen atoms in total. The highest BCUT2D eigenvalue weighted by Crippen LogP contribution is 2.47. The Morgan fingerprint density at radius 3 is 2.54 bits per heavy atom. The predicted molar refractivity (Wildman–Crippen MR) is 110 cm³/mol. The molecule has 0 unspecified atom stereocenters. The quantitative estimate of drug-likeness (QED) is 0.650. The number of hydrogen-bond donors (Lipinski definition) is 0. The standard InChI is InChI=1S/C22H24BrNO4/c1-15(2)9-10-26-18-6-3-16(4-7-18)14-24-20-8-5-17(23)13-19(20)22(21(24)25)27-11-12-28-22/h3-8,13,15H,9-12,14H2,1-2H3. The van der Waals surface area contributed by atoms with Crippen LogP contribution in [-0.4, -0.2) is 25.7 Å². The summed E-state index contributed by atoms with van der Waals surface area (Å²) >= 11 is 3.48. The number of halogens is 1. The van der Waals surface area contributed by atoms with Crippen LogP contribution in [0.1, 0.15) is 31.4 Å². The summed E-state index contributed by atoms with van der Waals surface area (Å²) in [4.78, 5) is 14.9. The van der Waals surface area contributed by atoms with E-state index in [2.05, 4.69) is 29.8 Å². The lowest BCUT2D eigenvalue weighted by Crippen LogP contribution is -2.40. The van der Waals surface area contributed by atoms with Crippen molar-refractivity contribution in [2.75, 3.05) is 24.7 Å². The minimum Gasteiger partial charge on any atom is -0.494 e. The van der Waals surface area contributed by atoms with Crippen molar-refractivity contribution in [2.24, 2.45) is 5.92 Å². The molecule has 0 aliphatic carbocycles. The molecule has 28 heavy (non-hydrogen) atoms. The third-order valence-corrected chi connectivity index (χ3v) is 5.55. The Bertz CT molecular complexity index is 859. The zero-order valence-corrected chi connectivity index (χ0v) is 17.7. The third kappa shape index (κ3) is 3.56. The number of amides is 1. The largest absolute Gasteiger partial charge is 0.494 e. The first kappa shape index (κ1) is 19.4. The number of carbonyl (C=O) groups is 1. The number of benzene rings is 2. The molecule has 4 rings (SSSR count). The number of ether oxygens (including phenoxy) is 3. The zero-order valence-electron chi connectivity index (χ0n) is 16.1. The number of fused-ring (bicyclic) bond motifs is 2. The summed E-state index contributed by atoms with van der Waals surface area (Å²) in [6.07, 6.45) is 1.03. The maximum Gasteiger partial charge on any atom is 0.292 e. The van der Waals surface area contributed by atoms with E-state index in [9.17, 15) is 4.79 Å². The second kappa shape index (κ2) is 7.85. The van der Waals surface area contributed by atoms with Crippen molar-refractivity contribution in [2.45, 2.75) is 32.6 Å². The van der Waals surface area contributed by atoms with Gasteiger partial charge in [0.15, 0.2) is 0 Å². The van der Waals surface area contributed by atoms with Crippen LogP contribution in [-0.2, 0) is 26.6 Å². The molecule has 1 spiro atoms. The normalized spacial score (nSPS) is 17.6. The van der Waals surface area contributed by atoms with Crippen LogP contribution in [0.15, 0.2) is 46.9 Å². The summed E-state index contributed by atoms with van der Waals surface area (Å²) in [6, 6.07) is 13.7. The van der Waals surface area contributed by atoms with Crippen molar-refractivity contribution < 1.29 is 19.0 Å². The second-order valence-electron chi connectivity index (χ2n) is 7.54. The first-order valence-electron chi connectivity index (χ1n) is 9.61. The molecule has 6 heteroatoms. The van der Waals surface area contributed by atoms with Crippen molar-refractivity contribution in [3.63, 3.8) is 0 Å². The van der Waals surface area contributed by atoms with Gasteiger partial charge < -0.3 is 19.1 Å². The van der Waals surface area contributed by atoms with Gasteiger partial charge in [0.25, 0.3) is 11.7 Å². The summed E-state index contributed by atoms with van der Waals surface area (Å²) in [5.41, 5.74) is 2.61. The Morgan fingerprint density at radius 1 is 1.14 bits per heavy atom. The third-order valence-electron chi connectivity index (χ3n) is 5.05. The minimum atomic E-state index is -1.31. The van der Waals surface area contributed by atoms with E-state index in [1.54, 1.807) is 4.90 Å². The van der Waals surface area contributed by atoms with E-state index in [0.29, 0.717) is 32.3 Å². The molecule has 2 aliphatic rings. The molecular weight excluding hydrogens is 422 g/mol. The van der Waals surface area contributed by atoms with Crippen molar-refractivity contribution in [3.05, 3.63) is 58.1 Å². The predicted octanol–water partition coefficient (Wildman–Crippen LogP) is 4.62. The average Bonchev–Trinajstić information content (AvgIpc) is 3.24. The molecule has 0 radical (unpaired) electrons. The SMILES string of the molecule is CC(C)CCOc1ccc(CN2C(=O)C3(OCCO3)c3cc(Br)ccc32)cc1. The van der Waals surface area contributed by atoms with Crippen LogP contribution in [0, 0.1) is 5.92 Å². The Labute approximate surface area is 173 Å². The number of nitrogens with zero attached hydrogens (tertiary/aromatic N) is 1. The van der Waals surface area contributed by atoms with E-state index in [4.69, 9.17) is 14.2 Å². The van der Waals surface area contributed by atoms with Crippen LogP contribution in [0.2, 0.25) is 0 Å². The smallest absolute Gasteiger partial charge is 0.292 e. The van der Waals surface area contributed by atoms with E-state index in [-0.39, 0.29) is 5.91 Å². The minimum absolute atomic E-state index is 0.171. The lowest BCUT2D eigenvalue weighted by Gasteiger charge is -2.22. The molecule has 0 N–H and O–H groups in total. The molecule has 148 valence electrons. The summed E-state index contributed by atoms with van der Waals surface area (Å²) in [6.45, 7) is 6.35. The fourth-order valence-electron chi connectivity index (χ4n) is 3.54. The molecule has 2 aliphatic heterocycles. The highest BCUT2D eigenvalue weighted by atomic mass is 79.9. The van der Waals surface area contributed by atoms with Crippen molar-refractivity contribution in [3.8, 4) is 5.75 Å².